The van der Waals surface area contributed by atoms with Crippen LogP contribution in [-0.4, -0.2) is 16.5 Å². The van der Waals surface area contributed by atoms with Crippen LogP contribution in [0.15, 0.2) is 59.5 Å². The molecule has 2 aromatic rings. The monoisotopic (exact) mass is 301 g/mol. The molecule has 1 unspecified atom stereocenters. The molecule has 0 radical (unpaired) electrons. The van der Waals surface area contributed by atoms with Crippen molar-refractivity contribution in [1.82, 2.24) is 0 Å². The van der Waals surface area contributed by atoms with E-state index in [1.807, 2.05) is 30.3 Å². The Balaban J connectivity index is 2.05. The van der Waals surface area contributed by atoms with Crippen LogP contribution < -0.4 is 5.73 Å². The minimum Gasteiger partial charge on any atom is -0.387 e. The predicted molar refractivity (Wildman–Crippen MR) is 84.9 cm³/mol. The number of nitrogens with one attached hydrogen (secondary N) is 1. The molecule has 0 fully saturated rings. The number of benzene rings is 2. The molecule has 0 aromatic heterocycles. The molecule has 2 aromatic carbocycles. The first kappa shape index (κ1) is 15.1. The van der Waals surface area contributed by atoms with Crippen molar-refractivity contribution in [2.24, 2.45) is 5.73 Å². The third-order valence-electron chi connectivity index (χ3n) is 3.04. The van der Waals surface area contributed by atoms with E-state index < -0.39 is 4.92 Å². The highest BCUT2D eigenvalue weighted by molar-refractivity contribution is 7.99. The molecule has 0 aliphatic heterocycles. The van der Waals surface area contributed by atoms with Gasteiger partial charge in [-0.2, -0.15) is 0 Å². The topological polar surface area (TPSA) is 93.0 Å². The largest absolute Gasteiger partial charge is 0.387 e. The lowest BCUT2D eigenvalue weighted by Crippen LogP contribution is -2.22. The molecule has 5 nitrogen and oxygen atoms in total. The van der Waals surface area contributed by atoms with E-state index in [9.17, 15) is 10.1 Å². The Morgan fingerprint density at radius 2 is 1.81 bits per heavy atom. The Bertz CT molecular complexity index is 629. The van der Waals surface area contributed by atoms with Crippen LogP contribution in [0.4, 0.5) is 5.69 Å². The van der Waals surface area contributed by atoms with Gasteiger partial charge in [-0.25, -0.2) is 0 Å². The van der Waals surface area contributed by atoms with Crippen molar-refractivity contribution in [3.8, 4) is 0 Å². The van der Waals surface area contributed by atoms with Gasteiger partial charge in [0.2, 0.25) is 0 Å². The maximum Gasteiger partial charge on any atom is 0.269 e. The number of rotatable bonds is 6. The second kappa shape index (κ2) is 6.90. The average Bonchev–Trinajstić information content (AvgIpc) is 2.48. The third kappa shape index (κ3) is 4.06. The minimum atomic E-state index is -0.420. The van der Waals surface area contributed by atoms with Crippen molar-refractivity contribution >= 4 is 23.3 Å². The van der Waals surface area contributed by atoms with E-state index in [1.54, 1.807) is 12.1 Å². The smallest absolute Gasteiger partial charge is 0.269 e. The minimum absolute atomic E-state index is 0.0746. The number of hydrogen-bond acceptors (Lipinski definition) is 4. The van der Waals surface area contributed by atoms with Crippen molar-refractivity contribution in [1.29, 1.82) is 5.41 Å². The van der Waals surface area contributed by atoms with Gasteiger partial charge in [0.1, 0.15) is 0 Å². The Labute approximate surface area is 126 Å². The molecule has 1 atom stereocenters. The molecule has 2 rings (SSSR count). The molecule has 0 heterocycles. The first-order valence-corrected chi connectivity index (χ1v) is 7.32. The molecule has 0 bridgehead atoms. The van der Waals surface area contributed by atoms with E-state index in [2.05, 4.69) is 0 Å². The maximum absolute atomic E-state index is 10.6. The number of thioether (sulfide) groups is 1. The number of amidine groups is 1. The molecular formula is C15H15N3O2S. The van der Waals surface area contributed by atoms with Crippen LogP contribution in [0.2, 0.25) is 0 Å². The Morgan fingerprint density at radius 3 is 2.33 bits per heavy atom. The number of nitrogens with zero attached hydrogens (tertiary/aromatic N) is 1. The Kier molecular flexibility index (Phi) is 4.94. The standard InChI is InChI=1S/C15H15N3O2S/c16-15(17)14(11-4-2-1-3-5-11)10-21-13-8-6-12(7-9-13)18(19)20/h1-9,14H,10H2,(H3,16,17). The van der Waals surface area contributed by atoms with Crippen LogP contribution in [0, 0.1) is 15.5 Å². The highest BCUT2D eigenvalue weighted by atomic mass is 32.2. The molecule has 108 valence electrons. The molecule has 0 aliphatic carbocycles. The molecular weight excluding hydrogens is 286 g/mol. The van der Waals surface area contributed by atoms with Gasteiger partial charge in [0.05, 0.1) is 16.7 Å². The van der Waals surface area contributed by atoms with Gasteiger partial charge in [-0.1, -0.05) is 30.3 Å². The summed E-state index contributed by atoms with van der Waals surface area (Å²) in [7, 11) is 0. The van der Waals surface area contributed by atoms with Gasteiger partial charge in [0.15, 0.2) is 0 Å². The first-order chi connectivity index (χ1) is 10.1. The predicted octanol–water partition coefficient (Wildman–Crippen LogP) is 3.41. The number of nitro groups is 1. The molecule has 0 amide bonds. The SMILES string of the molecule is N=C(N)C(CSc1ccc([N+](=O)[O-])cc1)c1ccccc1. The van der Waals surface area contributed by atoms with Crippen LogP contribution in [0.3, 0.4) is 0 Å². The molecule has 0 aliphatic rings. The highest BCUT2D eigenvalue weighted by Gasteiger charge is 2.15. The lowest BCUT2D eigenvalue weighted by molar-refractivity contribution is -0.384. The lowest BCUT2D eigenvalue weighted by Gasteiger charge is -2.15. The van der Waals surface area contributed by atoms with E-state index in [-0.39, 0.29) is 17.4 Å². The van der Waals surface area contributed by atoms with Gasteiger partial charge in [-0.15, -0.1) is 11.8 Å². The van der Waals surface area contributed by atoms with E-state index in [1.165, 1.54) is 23.9 Å². The zero-order valence-electron chi connectivity index (χ0n) is 11.2. The van der Waals surface area contributed by atoms with E-state index in [4.69, 9.17) is 11.1 Å². The summed E-state index contributed by atoms with van der Waals surface area (Å²) in [5, 5.41) is 18.3. The van der Waals surface area contributed by atoms with Gasteiger partial charge in [-0.3, -0.25) is 15.5 Å². The number of non-ortho nitro benzene ring substituents is 1. The number of nitro benzene ring substituents is 1. The van der Waals surface area contributed by atoms with Gasteiger partial charge < -0.3 is 5.73 Å². The van der Waals surface area contributed by atoms with Crippen LogP contribution in [-0.2, 0) is 0 Å². The van der Waals surface area contributed by atoms with Gasteiger partial charge in [0.25, 0.3) is 5.69 Å². The molecule has 0 saturated carbocycles. The third-order valence-corrected chi connectivity index (χ3v) is 4.15. The first-order valence-electron chi connectivity index (χ1n) is 6.34. The van der Waals surface area contributed by atoms with E-state index in [0.29, 0.717) is 5.75 Å². The summed E-state index contributed by atoms with van der Waals surface area (Å²) in [6.07, 6.45) is 0. The van der Waals surface area contributed by atoms with Crippen molar-refractivity contribution < 1.29 is 4.92 Å². The molecule has 21 heavy (non-hydrogen) atoms. The van der Waals surface area contributed by atoms with E-state index in [0.717, 1.165) is 10.5 Å². The molecule has 6 heteroatoms. The zero-order valence-corrected chi connectivity index (χ0v) is 12.0. The Hall–Kier alpha value is -2.34. The average molecular weight is 301 g/mol. The second-order valence-corrected chi connectivity index (χ2v) is 5.57. The normalized spacial score (nSPS) is 11.8. The summed E-state index contributed by atoms with van der Waals surface area (Å²) in [5.74, 6) is 0.582. The van der Waals surface area contributed by atoms with Crippen molar-refractivity contribution in [2.45, 2.75) is 10.8 Å². The van der Waals surface area contributed by atoms with Crippen LogP contribution in [0.5, 0.6) is 0 Å². The fourth-order valence-corrected chi connectivity index (χ4v) is 2.95. The maximum atomic E-state index is 10.6. The number of hydrogen-bond donors (Lipinski definition) is 2. The summed E-state index contributed by atoms with van der Waals surface area (Å²) in [6.45, 7) is 0. The van der Waals surface area contributed by atoms with Crippen LogP contribution in [0.1, 0.15) is 11.5 Å². The van der Waals surface area contributed by atoms with Crippen molar-refractivity contribution in [3.63, 3.8) is 0 Å². The fraction of sp³-hybridized carbons (Fsp3) is 0.133. The zero-order chi connectivity index (χ0) is 15.2. The van der Waals surface area contributed by atoms with Crippen LogP contribution in [0.25, 0.3) is 0 Å². The van der Waals surface area contributed by atoms with E-state index >= 15 is 0 Å². The van der Waals surface area contributed by atoms with Crippen molar-refractivity contribution in [3.05, 3.63) is 70.3 Å². The molecule has 0 spiro atoms. The quantitative estimate of drug-likeness (QED) is 0.281. The van der Waals surface area contributed by atoms with Gasteiger partial charge >= 0.3 is 0 Å². The summed E-state index contributed by atoms with van der Waals surface area (Å²) in [5.41, 5.74) is 6.75. The van der Waals surface area contributed by atoms with Crippen molar-refractivity contribution in [2.75, 3.05) is 5.75 Å². The van der Waals surface area contributed by atoms with Gasteiger partial charge in [-0.05, 0) is 17.7 Å². The molecule has 0 saturated heterocycles. The summed E-state index contributed by atoms with van der Waals surface area (Å²) < 4.78 is 0. The lowest BCUT2D eigenvalue weighted by atomic mass is 10.0. The van der Waals surface area contributed by atoms with Crippen LogP contribution >= 0.6 is 11.8 Å². The fourth-order valence-electron chi connectivity index (χ4n) is 1.89. The summed E-state index contributed by atoms with van der Waals surface area (Å²) >= 11 is 1.53. The summed E-state index contributed by atoms with van der Waals surface area (Å²) in [6, 6.07) is 16.0. The number of nitrogens with two attached hydrogens (primary N) is 1. The Morgan fingerprint density at radius 1 is 1.19 bits per heavy atom. The summed E-state index contributed by atoms with van der Waals surface area (Å²) in [4.78, 5) is 11.1. The second-order valence-electron chi connectivity index (χ2n) is 4.48. The van der Waals surface area contributed by atoms with Gasteiger partial charge in [0, 0.05) is 22.8 Å². The highest BCUT2D eigenvalue weighted by Crippen LogP contribution is 2.27. The molecule has 3 N–H and O–H groups in total.